The molecule has 3 heteroatoms. The molecule has 0 fully saturated rings. The van der Waals surface area contributed by atoms with Gasteiger partial charge in [-0.05, 0) is 36.3 Å². The Morgan fingerprint density at radius 1 is 1.23 bits per heavy atom. The first kappa shape index (κ1) is 16.3. The van der Waals surface area contributed by atoms with Crippen LogP contribution >= 0.6 is 15.9 Å². The molecule has 0 heterocycles. The zero-order chi connectivity index (χ0) is 15.8. The van der Waals surface area contributed by atoms with E-state index in [1.807, 2.05) is 54.6 Å². The largest absolute Gasteiger partial charge is 0.493 e. The summed E-state index contributed by atoms with van der Waals surface area (Å²) < 4.78 is 6.80. The maximum Gasteiger partial charge on any atom is 0.126 e. The summed E-state index contributed by atoms with van der Waals surface area (Å²) in [4.78, 5) is 0. The molecule has 0 aliphatic carbocycles. The van der Waals surface area contributed by atoms with E-state index in [9.17, 15) is 5.26 Å². The van der Waals surface area contributed by atoms with Gasteiger partial charge in [0.2, 0.25) is 0 Å². The van der Waals surface area contributed by atoms with E-state index in [1.165, 1.54) is 0 Å². The number of unbranched alkanes of at least 4 members (excludes halogenated alkanes) is 1. The normalized spacial score (nSPS) is 11.0. The van der Waals surface area contributed by atoms with Crippen LogP contribution in [0.5, 0.6) is 5.75 Å². The van der Waals surface area contributed by atoms with Gasteiger partial charge in [0.05, 0.1) is 18.2 Å². The third-order valence-electron chi connectivity index (χ3n) is 3.23. The molecular formula is C19H18BrNO. The predicted octanol–water partition coefficient (Wildman–Crippen LogP) is 5.69. The smallest absolute Gasteiger partial charge is 0.126 e. The first-order chi connectivity index (χ1) is 10.7. The van der Waals surface area contributed by atoms with Crippen LogP contribution in [0.1, 0.15) is 30.9 Å². The molecule has 0 aliphatic rings. The van der Waals surface area contributed by atoms with Gasteiger partial charge < -0.3 is 4.74 Å². The van der Waals surface area contributed by atoms with Crippen LogP contribution in [0.4, 0.5) is 0 Å². The van der Waals surface area contributed by atoms with Gasteiger partial charge in [0.25, 0.3) is 0 Å². The molecule has 0 unspecified atom stereocenters. The fourth-order valence-electron chi connectivity index (χ4n) is 2.04. The maximum absolute atomic E-state index is 9.44. The van der Waals surface area contributed by atoms with Gasteiger partial charge in [0.1, 0.15) is 5.75 Å². The summed E-state index contributed by atoms with van der Waals surface area (Å²) in [6.45, 7) is 2.82. The van der Waals surface area contributed by atoms with Crippen LogP contribution in [-0.2, 0) is 0 Å². The van der Waals surface area contributed by atoms with E-state index in [0.717, 1.165) is 34.2 Å². The number of allylic oxidation sites excluding steroid dienone is 1. The van der Waals surface area contributed by atoms with Crippen molar-refractivity contribution in [1.82, 2.24) is 0 Å². The molecule has 0 aromatic heterocycles. The summed E-state index contributed by atoms with van der Waals surface area (Å²) in [5.74, 6) is 0.806. The van der Waals surface area contributed by atoms with E-state index in [2.05, 4.69) is 28.9 Å². The second-order valence-corrected chi connectivity index (χ2v) is 5.84. The van der Waals surface area contributed by atoms with E-state index in [1.54, 1.807) is 0 Å². The van der Waals surface area contributed by atoms with Crippen molar-refractivity contribution in [2.24, 2.45) is 0 Å². The van der Waals surface area contributed by atoms with Crippen molar-refractivity contribution in [2.45, 2.75) is 19.8 Å². The molecule has 0 atom stereocenters. The molecule has 2 rings (SSSR count). The van der Waals surface area contributed by atoms with Gasteiger partial charge in [-0.3, -0.25) is 0 Å². The Bertz CT molecular complexity index is 686. The van der Waals surface area contributed by atoms with Crippen molar-refractivity contribution in [3.8, 4) is 11.8 Å². The molecule has 2 aromatic carbocycles. The fourth-order valence-corrected chi connectivity index (χ4v) is 2.42. The standard InChI is InChI=1S/C19H18BrNO/c1-2-3-11-22-19-10-9-18(20)13-16(19)12-17(14-21)15-7-5-4-6-8-15/h4-10,12-13H,2-3,11H2,1H3/b17-12-. The Morgan fingerprint density at radius 3 is 2.68 bits per heavy atom. The molecule has 0 spiro atoms. The summed E-state index contributed by atoms with van der Waals surface area (Å²) >= 11 is 3.48. The average molecular weight is 356 g/mol. The van der Waals surface area contributed by atoms with E-state index in [-0.39, 0.29) is 0 Å². The van der Waals surface area contributed by atoms with Crippen molar-refractivity contribution < 1.29 is 4.74 Å². The lowest BCUT2D eigenvalue weighted by molar-refractivity contribution is 0.309. The van der Waals surface area contributed by atoms with Crippen LogP contribution in [0.15, 0.2) is 53.0 Å². The molecule has 2 nitrogen and oxygen atoms in total. The average Bonchev–Trinajstić information content (AvgIpc) is 2.55. The molecule has 0 aliphatic heterocycles. The van der Waals surface area contributed by atoms with Crippen LogP contribution < -0.4 is 4.74 Å². The number of nitrogens with zero attached hydrogens (tertiary/aromatic N) is 1. The van der Waals surface area contributed by atoms with Crippen LogP contribution in [0.2, 0.25) is 0 Å². The molecule has 22 heavy (non-hydrogen) atoms. The van der Waals surface area contributed by atoms with Gasteiger partial charge in [0, 0.05) is 10.0 Å². The fraction of sp³-hybridized carbons (Fsp3) is 0.211. The topological polar surface area (TPSA) is 33.0 Å². The third-order valence-corrected chi connectivity index (χ3v) is 3.73. The Morgan fingerprint density at radius 2 is 2.00 bits per heavy atom. The predicted molar refractivity (Wildman–Crippen MR) is 94.5 cm³/mol. The van der Waals surface area contributed by atoms with E-state index in [4.69, 9.17) is 4.74 Å². The number of rotatable bonds is 6. The minimum atomic E-state index is 0.624. The highest BCUT2D eigenvalue weighted by molar-refractivity contribution is 9.10. The molecule has 112 valence electrons. The van der Waals surface area contributed by atoms with Crippen molar-refractivity contribution in [3.63, 3.8) is 0 Å². The lowest BCUT2D eigenvalue weighted by atomic mass is 10.0. The van der Waals surface area contributed by atoms with Crippen molar-refractivity contribution in [1.29, 1.82) is 5.26 Å². The van der Waals surface area contributed by atoms with Gasteiger partial charge >= 0.3 is 0 Å². The SMILES string of the molecule is CCCCOc1ccc(Br)cc1/C=C(/C#N)c1ccccc1. The van der Waals surface area contributed by atoms with Crippen molar-refractivity contribution in [2.75, 3.05) is 6.61 Å². The zero-order valence-electron chi connectivity index (χ0n) is 12.6. The lowest BCUT2D eigenvalue weighted by Crippen LogP contribution is -1.98. The molecule has 0 bridgehead atoms. The summed E-state index contributed by atoms with van der Waals surface area (Å²) in [6.07, 6.45) is 3.99. The first-order valence-corrected chi connectivity index (χ1v) is 8.13. The Hall–Kier alpha value is -2.05. The summed E-state index contributed by atoms with van der Waals surface area (Å²) in [5, 5.41) is 9.44. The highest BCUT2D eigenvalue weighted by Gasteiger charge is 2.06. The highest BCUT2D eigenvalue weighted by atomic mass is 79.9. The van der Waals surface area contributed by atoms with Gasteiger partial charge in [-0.15, -0.1) is 0 Å². The number of ether oxygens (including phenoxy) is 1. The van der Waals surface area contributed by atoms with Gasteiger partial charge in [-0.25, -0.2) is 0 Å². The Balaban J connectivity index is 2.35. The van der Waals surface area contributed by atoms with Crippen LogP contribution in [0.25, 0.3) is 11.6 Å². The van der Waals surface area contributed by atoms with Gasteiger partial charge in [-0.1, -0.05) is 59.6 Å². The number of hydrogen-bond donors (Lipinski definition) is 0. The molecule has 0 saturated carbocycles. The molecule has 0 amide bonds. The monoisotopic (exact) mass is 355 g/mol. The molecular weight excluding hydrogens is 338 g/mol. The lowest BCUT2D eigenvalue weighted by Gasteiger charge is -2.10. The Kier molecular flexibility index (Phi) is 6.24. The van der Waals surface area contributed by atoms with E-state index in [0.29, 0.717) is 12.2 Å². The number of benzene rings is 2. The number of halogens is 1. The summed E-state index contributed by atoms with van der Waals surface area (Å²) in [6, 6.07) is 17.8. The van der Waals surface area contributed by atoms with Crippen LogP contribution in [-0.4, -0.2) is 6.61 Å². The van der Waals surface area contributed by atoms with Crippen molar-refractivity contribution in [3.05, 3.63) is 64.1 Å². The summed E-state index contributed by atoms with van der Waals surface area (Å²) in [5.41, 5.74) is 2.44. The number of hydrogen-bond acceptors (Lipinski definition) is 2. The summed E-state index contributed by atoms with van der Waals surface area (Å²) in [7, 11) is 0. The van der Waals surface area contributed by atoms with Crippen molar-refractivity contribution >= 4 is 27.6 Å². The molecule has 0 radical (unpaired) electrons. The molecule has 2 aromatic rings. The zero-order valence-corrected chi connectivity index (χ0v) is 14.1. The van der Waals surface area contributed by atoms with Crippen LogP contribution in [0, 0.1) is 11.3 Å². The van der Waals surface area contributed by atoms with E-state index >= 15 is 0 Å². The van der Waals surface area contributed by atoms with Gasteiger partial charge in [0.15, 0.2) is 0 Å². The molecule has 0 saturated heterocycles. The minimum Gasteiger partial charge on any atom is -0.493 e. The van der Waals surface area contributed by atoms with E-state index < -0.39 is 0 Å². The Labute approximate surface area is 140 Å². The second kappa shape index (κ2) is 8.41. The molecule has 0 N–H and O–H groups in total. The highest BCUT2D eigenvalue weighted by Crippen LogP contribution is 2.28. The quantitative estimate of drug-likeness (QED) is 0.378. The third kappa shape index (κ3) is 4.47. The van der Waals surface area contributed by atoms with Crippen LogP contribution in [0.3, 0.4) is 0 Å². The minimum absolute atomic E-state index is 0.624. The van der Waals surface area contributed by atoms with Gasteiger partial charge in [-0.2, -0.15) is 5.26 Å². The second-order valence-electron chi connectivity index (χ2n) is 4.92. The maximum atomic E-state index is 9.44. The number of nitriles is 1. The first-order valence-electron chi connectivity index (χ1n) is 7.34.